The van der Waals surface area contributed by atoms with Crippen LogP contribution in [0.25, 0.3) is 0 Å². The van der Waals surface area contributed by atoms with E-state index >= 15 is 0 Å². The summed E-state index contributed by atoms with van der Waals surface area (Å²) in [4.78, 5) is 3.73. The van der Waals surface area contributed by atoms with E-state index in [-0.39, 0.29) is 0 Å². The lowest BCUT2D eigenvalue weighted by molar-refractivity contribution is -0.137. The number of benzene rings is 1. The third kappa shape index (κ3) is 2.99. The van der Waals surface area contributed by atoms with E-state index in [2.05, 4.69) is 10.3 Å². The first-order valence-electron chi connectivity index (χ1n) is 4.84. The number of rotatable bonds is 3. The molecule has 1 heterocycles. The summed E-state index contributed by atoms with van der Waals surface area (Å²) in [5.41, 5.74) is -0.0721. The van der Waals surface area contributed by atoms with Crippen LogP contribution < -0.4 is 5.32 Å². The van der Waals surface area contributed by atoms with E-state index in [9.17, 15) is 13.2 Å². The molecule has 3 nitrogen and oxygen atoms in total. The first-order valence-corrected chi connectivity index (χ1v) is 4.84. The number of nitrogens with zero attached hydrogens (tertiary/aromatic N) is 1. The highest BCUT2D eigenvalue weighted by atomic mass is 19.4. The van der Waals surface area contributed by atoms with Gasteiger partial charge in [-0.1, -0.05) is 0 Å². The number of aromatic nitrogens is 1. The molecular weight excluding hydrogens is 233 g/mol. The van der Waals surface area contributed by atoms with Crippen molar-refractivity contribution in [2.24, 2.45) is 0 Å². The predicted octanol–water partition coefficient (Wildman–Crippen LogP) is 3.31. The fourth-order valence-electron chi connectivity index (χ4n) is 1.30. The molecule has 2 rings (SSSR count). The summed E-state index contributed by atoms with van der Waals surface area (Å²) in [5.74, 6) is 0.616. The van der Waals surface area contributed by atoms with Gasteiger partial charge in [0.05, 0.1) is 18.3 Å². The molecule has 0 amide bonds. The Morgan fingerprint density at radius 1 is 1.18 bits per heavy atom. The highest BCUT2D eigenvalue weighted by Gasteiger charge is 2.29. The molecule has 1 N–H and O–H groups in total. The number of halogens is 3. The molecular formula is C11H9F3N2O. The summed E-state index contributed by atoms with van der Waals surface area (Å²) in [5, 5.41) is 2.92. The molecule has 0 unspecified atom stereocenters. The first kappa shape index (κ1) is 11.5. The van der Waals surface area contributed by atoms with E-state index in [1.54, 1.807) is 0 Å². The van der Waals surface area contributed by atoms with Crippen LogP contribution in [0.2, 0.25) is 0 Å². The lowest BCUT2D eigenvalue weighted by atomic mass is 10.2. The zero-order chi connectivity index (χ0) is 12.3. The first-order chi connectivity index (χ1) is 8.05. The van der Waals surface area contributed by atoms with E-state index in [1.807, 2.05) is 0 Å². The second kappa shape index (κ2) is 4.48. The van der Waals surface area contributed by atoms with Crippen molar-refractivity contribution >= 4 is 5.69 Å². The molecule has 1 aromatic carbocycles. The molecule has 0 atom stereocenters. The van der Waals surface area contributed by atoms with E-state index in [0.717, 1.165) is 12.1 Å². The molecule has 2 aromatic rings. The number of anilines is 1. The van der Waals surface area contributed by atoms with Crippen LogP contribution in [0.3, 0.4) is 0 Å². The average molecular weight is 242 g/mol. The van der Waals surface area contributed by atoms with Crippen molar-refractivity contribution in [3.63, 3.8) is 0 Å². The minimum atomic E-state index is -4.30. The van der Waals surface area contributed by atoms with Crippen LogP contribution in [0.5, 0.6) is 0 Å². The summed E-state index contributed by atoms with van der Waals surface area (Å²) in [7, 11) is 0. The van der Waals surface area contributed by atoms with Crippen molar-refractivity contribution in [3.05, 3.63) is 48.2 Å². The molecule has 0 radical (unpaired) electrons. The van der Waals surface area contributed by atoms with Crippen LogP contribution in [0.4, 0.5) is 18.9 Å². The summed E-state index contributed by atoms with van der Waals surface area (Å²) >= 11 is 0. The van der Waals surface area contributed by atoms with E-state index in [0.29, 0.717) is 18.0 Å². The maximum Gasteiger partial charge on any atom is 0.416 e. The fourth-order valence-corrected chi connectivity index (χ4v) is 1.30. The Balaban J connectivity index is 1.99. The largest absolute Gasteiger partial charge is 0.447 e. The number of nitrogens with one attached hydrogen (secondary N) is 1. The van der Waals surface area contributed by atoms with Crippen LogP contribution >= 0.6 is 0 Å². The molecule has 0 aliphatic carbocycles. The zero-order valence-corrected chi connectivity index (χ0v) is 8.66. The van der Waals surface area contributed by atoms with Crippen LogP contribution in [0, 0.1) is 0 Å². The lowest BCUT2D eigenvalue weighted by Crippen LogP contribution is -2.05. The van der Waals surface area contributed by atoms with Gasteiger partial charge in [-0.05, 0) is 24.3 Å². The molecule has 6 heteroatoms. The Bertz CT molecular complexity index is 462. The van der Waals surface area contributed by atoms with Gasteiger partial charge in [0.15, 0.2) is 6.39 Å². The molecule has 1 aromatic heterocycles. The number of alkyl halides is 3. The van der Waals surface area contributed by atoms with Gasteiger partial charge >= 0.3 is 6.18 Å². The molecule has 0 saturated heterocycles. The monoisotopic (exact) mass is 242 g/mol. The van der Waals surface area contributed by atoms with Gasteiger partial charge in [0.25, 0.3) is 0 Å². The standard InChI is InChI=1S/C11H9F3N2O/c12-11(13,14)8-1-3-9(4-2-8)16-6-10-5-15-7-17-10/h1-5,7,16H,6H2. The third-order valence-corrected chi connectivity index (χ3v) is 2.16. The minimum Gasteiger partial charge on any atom is -0.447 e. The van der Waals surface area contributed by atoms with Crippen molar-refractivity contribution in [1.82, 2.24) is 4.98 Å². The van der Waals surface area contributed by atoms with Crippen molar-refractivity contribution < 1.29 is 17.6 Å². The molecule has 0 bridgehead atoms. The summed E-state index contributed by atoms with van der Waals surface area (Å²) in [6, 6.07) is 4.81. The third-order valence-electron chi connectivity index (χ3n) is 2.16. The van der Waals surface area contributed by atoms with Crippen LogP contribution in [0.15, 0.2) is 41.3 Å². The summed E-state index contributed by atoms with van der Waals surface area (Å²) in [6.07, 6.45) is -1.47. The molecule has 0 aliphatic heterocycles. The van der Waals surface area contributed by atoms with Gasteiger partial charge in [-0.3, -0.25) is 0 Å². The Kier molecular flexibility index (Phi) is 3.03. The van der Waals surface area contributed by atoms with Gasteiger partial charge in [0.2, 0.25) is 0 Å². The van der Waals surface area contributed by atoms with Gasteiger partial charge in [-0.15, -0.1) is 0 Å². The molecule has 0 saturated carbocycles. The SMILES string of the molecule is FC(F)(F)c1ccc(NCc2cnco2)cc1. The number of hydrogen-bond acceptors (Lipinski definition) is 3. The lowest BCUT2D eigenvalue weighted by Gasteiger charge is -2.08. The van der Waals surface area contributed by atoms with Gasteiger partial charge in [0, 0.05) is 5.69 Å². The molecule has 0 fully saturated rings. The van der Waals surface area contributed by atoms with Crippen molar-refractivity contribution in [1.29, 1.82) is 0 Å². The maximum atomic E-state index is 12.3. The Morgan fingerprint density at radius 3 is 2.41 bits per heavy atom. The van der Waals surface area contributed by atoms with Crippen molar-refractivity contribution in [2.75, 3.05) is 5.32 Å². The molecule has 0 spiro atoms. The predicted molar refractivity (Wildman–Crippen MR) is 55.3 cm³/mol. The highest BCUT2D eigenvalue weighted by Crippen LogP contribution is 2.29. The maximum absolute atomic E-state index is 12.3. The summed E-state index contributed by atoms with van der Waals surface area (Å²) in [6.45, 7) is 0.380. The van der Waals surface area contributed by atoms with Crippen LogP contribution in [0.1, 0.15) is 11.3 Å². The normalized spacial score (nSPS) is 11.5. The molecule has 0 aliphatic rings. The minimum absolute atomic E-state index is 0.380. The van der Waals surface area contributed by atoms with Crippen LogP contribution in [-0.2, 0) is 12.7 Å². The van der Waals surface area contributed by atoms with E-state index in [1.165, 1.54) is 24.7 Å². The average Bonchev–Trinajstić information content (AvgIpc) is 2.78. The second-order valence-corrected chi connectivity index (χ2v) is 3.40. The smallest absolute Gasteiger partial charge is 0.416 e. The van der Waals surface area contributed by atoms with Crippen molar-refractivity contribution in [3.8, 4) is 0 Å². The number of oxazole rings is 1. The van der Waals surface area contributed by atoms with Crippen molar-refractivity contribution in [2.45, 2.75) is 12.7 Å². The Morgan fingerprint density at radius 2 is 1.88 bits per heavy atom. The second-order valence-electron chi connectivity index (χ2n) is 3.40. The quantitative estimate of drug-likeness (QED) is 0.897. The van der Waals surface area contributed by atoms with Crippen LogP contribution in [-0.4, -0.2) is 4.98 Å². The molecule has 90 valence electrons. The fraction of sp³-hybridized carbons (Fsp3) is 0.182. The molecule has 17 heavy (non-hydrogen) atoms. The Labute approximate surface area is 95.3 Å². The topological polar surface area (TPSA) is 38.1 Å². The summed E-state index contributed by atoms with van der Waals surface area (Å²) < 4.78 is 41.8. The highest BCUT2D eigenvalue weighted by molar-refractivity contribution is 5.45. The number of hydrogen-bond donors (Lipinski definition) is 1. The van der Waals surface area contributed by atoms with Gasteiger partial charge < -0.3 is 9.73 Å². The zero-order valence-electron chi connectivity index (χ0n) is 8.66. The van der Waals surface area contributed by atoms with Gasteiger partial charge in [-0.25, -0.2) is 4.98 Å². The van der Waals surface area contributed by atoms with E-state index in [4.69, 9.17) is 4.42 Å². The van der Waals surface area contributed by atoms with Gasteiger partial charge in [-0.2, -0.15) is 13.2 Å². The van der Waals surface area contributed by atoms with E-state index < -0.39 is 11.7 Å². The Hall–Kier alpha value is -1.98. The van der Waals surface area contributed by atoms with Gasteiger partial charge in [0.1, 0.15) is 5.76 Å².